The third-order valence-electron chi connectivity index (χ3n) is 3.34. The van der Waals surface area contributed by atoms with E-state index in [4.69, 9.17) is 0 Å². The van der Waals surface area contributed by atoms with Gasteiger partial charge in [-0.15, -0.1) is 12.4 Å². The molecule has 1 saturated heterocycles. The van der Waals surface area contributed by atoms with E-state index in [9.17, 15) is 0 Å². The summed E-state index contributed by atoms with van der Waals surface area (Å²) in [6.45, 7) is 7.94. The Bertz CT molecular complexity index is 339. The minimum Gasteiger partial charge on any atom is -0.311 e. The molecule has 1 aliphatic heterocycles. The lowest BCUT2D eigenvalue weighted by Crippen LogP contribution is -2.54. The van der Waals surface area contributed by atoms with Crippen LogP contribution in [0.3, 0.4) is 0 Å². The van der Waals surface area contributed by atoms with Gasteiger partial charge in [0, 0.05) is 45.0 Å². The maximum Gasteiger partial charge on any atom is 0.0522 e. The zero-order chi connectivity index (χ0) is 11.5. The third-order valence-corrected chi connectivity index (χ3v) is 3.34. The highest BCUT2D eigenvalue weighted by Gasteiger charge is 2.21. The lowest BCUT2D eigenvalue weighted by atomic mass is 10.1. The van der Waals surface area contributed by atoms with Gasteiger partial charge in [-0.2, -0.15) is 5.10 Å². The van der Waals surface area contributed by atoms with Gasteiger partial charge in [-0.25, -0.2) is 0 Å². The smallest absolute Gasteiger partial charge is 0.0522 e. The molecule has 2 unspecified atom stereocenters. The summed E-state index contributed by atoms with van der Waals surface area (Å²) in [4.78, 5) is 2.56. The van der Waals surface area contributed by atoms with E-state index >= 15 is 0 Å². The number of rotatable bonds is 3. The summed E-state index contributed by atoms with van der Waals surface area (Å²) in [5.74, 6) is 0. The van der Waals surface area contributed by atoms with Gasteiger partial charge in [0.2, 0.25) is 0 Å². The first-order valence-corrected chi connectivity index (χ1v) is 6.10. The Balaban J connectivity index is 0.00000144. The minimum atomic E-state index is 0. The van der Waals surface area contributed by atoms with Crippen LogP contribution in [0.1, 0.15) is 19.4 Å². The Morgan fingerprint density at radius 2 is 2.24 bits per heavy atom. The van der Waals surface area contributed by atoms with Crippen molar-refractivity contribution in [3.63, 3.8) is 0 Å². The van der Waals surface area contributed by atoms with Gasteiger partial charge in [0.15, 0.2) is 0 Å². The number of hydrogen-bond acceptors (Lipinski definition) is 3. The van der Waals surface area contributed by atoms with Crippen molar-refractivity contribution in [1.29, 1.82) is 0 Å². The Labute approximate surface area is 110 Å². The summed E-state index contributed by atoms with van der Waals surface area (Å²) in [6, 6.07) is 1.26. The number of nitrogens with one attached hydrogen (secondary N) is 1. The zero-order valence-electron chi connectivity index (χ0n) is 10.9. The van der Waals surface area contributed by atoms with Crippen molar-refractivity contribution in [3.05, 3.63) is 18.0 Å². The Hall–Kier alpha value is -0.580. The van der Waals surface area contributed by atoms with Crippen molar-refractivity contribution in [2.75, 3.05) is 19.6 Å². The van der Waals surface area contributed by atoms with E-state index in [0.29, 0.717) is 12.1 Å². The van der Waals surface area contributed by atoms with E-state index in [0.717, 1.165) is 26.1 Å². The molecular formula is C12H23ClN4. The summed E-state index contributed by atoms with van der Waals surface area (Å²) in [7, 11) is 1.97. The van der Waals surface area contributed by atoms with Crippen LogP contribution in [-0.2, 0) is 13.5 Å². The Morgan fingerprint density at radius 3 is 2.88 bits per heavy atom. The lowest BCUT2D eigenvalue weighted by Gasteiger charge is -2.37. The highest BCUT2D eigenvalue weighted by Crippen LogP contribution is 2.08. The second-order valence-corrected chi connectivity index (χ2v) is 4.93. The molecule has 0 bridgehead atoms. The van der Waals surface area contributed by atoms with Crippen LogP contribution in [0.15, 0.2) is 12.4 Å². The van der Waals surface area contributed by atoms with Crippen LogP contribution in [0.2, 0.25) is 0 Å². The molecule has 1 aromatic rings. The predicted octanol–water partition coefficient (Wildman–Crippen LogP) is 1.07. The number of hydrogen-bond donors (Lipinski definition) is 1. The van der Waals surface area contributed by atoms with E-state index in [1.807, 2.05) is 17.9 Å². The molecule has 4 nitrogen and oxygen atoms in total. The van der Waals surface area contributed by atoms with Gasteiger partial charge in [0.25, 0.3) is 0 Å². The van der Waals surface area contributed by atoms with Crippen LogP contribution in [0.25, 0.3) is 0 Å². The summed E-state index contributed by atoms with van der Waals surface area (Å²) in [5.41, 5.74) is 1.33. The van der Waals surface area contributed by atoms with Crippen LogP contribution in [0.5, 0.6) is 0 Å². The Morgan fingerprint density at radius 1 is 1.47 bits per heavy atom. The zero-order valence-corrected chi connectivity index (χ0v) is 11.7. The highest BCUT2D eigenvalue weighted by atomic mass is 35.5. The molecule has 0 spiro atoms. The molecule has 0 radical (unpaired) electrons. The molecule has 5 heteroatoms. The summed E-state index contributed by atoms with van der Waals surface area (Å²) >= 11 is 0. The van der Waals surface area contributed by atoms with Gasteiger partial charge in [-0.05, 0) is 25.8 Å². The summed E-state index contributed by atoms with van der Waals surface area (Å²) < 4.78 is 1.87. The second-order valence-electron chi connectivity index (χ2n) is 4.93. The number of aryl methyl sites for hydroxylation is 1. The molecular weight excluding hydrogens is 236 g/mol. The molecule has 1 fully saturated rings. The molecule has 17 heavy (non-hydrogen) atoms. The molecule has 2 heterocycles. The van der Waals surface area contributed by atoms with Crippen molar-refractivity contribution in [2.45, 2.75) is 32.4 Å². The first-order chi connectivity index (χ1) is 7.65. The van der Waals surface area contributed by atoms with Crippen LogP contribution < -0.4 is 5.32 Å². The number of nitrogens with zero attached hydrogens (tertiary/aromatic N) is 3. The van der Waals surface area contributed by atoms with Crippen molar-refractivity contribution in [3.8, 4) is 0 Å². The van der Waals surface area contributed by atoms with Crippen LogP contribution in [-0.4, -0.2) is 46.4 Å². The molecule has 1 aromatic heterocycles. The first kappa shape index (κ1) is 14.5. The van der Waals surface area contributed by atoms with Gasteiger partial charge in [-0.1, -0.05) is 0 Å². The predicted molar refractivity (Wildman–Crippen MR) is 72.7 cm³/mol. The quantitative estimate of drug-likeness (QED) is 0.881. The molecule has 0 aromatic carbocycles. The summed E-state index contributed by atoms with van der Waals surface area (Å²) in [5, 5.41) is 7.71. The third kappa shape index (κ3) is 3.98. The maximum atomic E-state index is 4.20. The molecule has 0 saturated carbocycles. The molecule has 2 rings (SSSR count). The average Bonchev–Trinajstić information content (AvgIpc) is 2.66. The van der Waals surface area contributed by atoms with E-state index in [2.05, 4.69) is 35.4 Å². The molecule has 0 aliphatic carbocycles. The van der Waals surface area contributed by atoms with Crippen LogP contribution >= 0.6 is 12.4 Å². The maximum absolute atomic E-state index is 4.20. The van der Waals surface area contributed by atoms with Crippen molar-refractivity contribution in [2.24, 2.45) is 7.05 Å². The summed E-state index contributed by atoms with van der Waals surface area (Å²) in [6.07, 6.45) is 5.18. The van der Waals surface area contributed by atoms with E-state index < -0.39 is 0 Å². The standard InChI is InChI=1S/C12H22N4.ClH/c1-10-8-16(11(2)6-13-10)5-4-12-7-14-15(3)9-12;/h7,9-11,13H,4-6,8H2,1-3H3;1H. The van der Waals surface area contributed by atoms with Gasteiger partial charge in [-0.3, -0.25) is 9.58 Å². The fourth-order valence-corrected chi connectivity index (χ4v) is 2.28. The van der Waals surface area contributed by atoms with E-state index in [1.54, 1.807) is 0 Å². The van der Waals surface area contributed by atoms with Gasteiger partial charge < -0.3 is 5.32 Å². The largest absolute Gasteiger partial charge is 0.311 e. The monoisotopic (exact) mass is 258 g/mol. The van der Waals surface area contributed by atoms with Crippen molar-refractivity contribution < 1.29 is 0 Å². The number of piperazine rings is 1. The fraction of sp³-hybridized carbons (Fsp3) is 0.750. The second kappa shape index (κ2) is 6.38. The van der Waals surface area contributed by atoms with Gasteiger partial charge >= 0.3 is 0 Å². The topological polar surface area (TPSA) is 33.1 Å². The van der Waals surface area contributed by atoms with Crippen molar-refractivity contribution >= 4 is 12.4 Å². The minimum absolute atomic E-state index is 0. The molecule has 1 N–H and O–H groups in total. The van der Waals surface area contributed by atoms with Gasteiger partial charge in [0.05, 0.1) is 6.20 Å². The fourth-order valence-electron chi connectivity index (χ4n) is 2.28. The van der Waals surface area contributed by atoms with Crippen LogP contribution in [0, 0.1) is 0 Å². The lowest BCUT2D eigenvalue weighted by molar-refractivity contribution is 0.148. The highest BCUT2D eigenvalue weighted by molar-refractivity contribution is 5.85. The normalized spacial score (nSPS) is 25.6. The molecule has 98 valence electrons. The van der Waals surface area contributed by atoms with Crippen LogP contribution in [0.4, 0.5) is 0 Å². The molecule has 2 atom stereocenters. The first-order valence-electron chi connectivity index (χ1n) is 6.10. The van der Waals surface area contributed by atoms with E-state index in [1.165, 1.54) is 5.56 Å². The number of halogens is 1. The van der Waals surface area contributed by atoms with E-state index in [-0.39, 0.29) is 12.4 Å². The molecule has 0 amide bonds. The van der Waals surface area contributed by atoms with Crippen molar-refractivity contribution in [1.82, 2.24) is 20.0 Å². The SMILES string of the molecule is CC1CN(CCc2cnn(C)c2)C(C)CN1.Cl. The Kier molecular flexibility index (Phi) is 5.43. The average molecular weight is 259 g/mol. The number of aromatic nitrogens is 2. The molecule has 1 aliphatic rings. The van der Waals surface area contributed by atoms with Gasteiger partial charge in [0.1, 0.15) is 0 Å².